The largest absolute Gasteiger partial charge is 0.474 e. The topological polar surface area (TPSA) is 125 Å². The highest BCUT2D eigenvalue weighted by Gasteiger charge is 2.55. The van der Waals surface area contributed by atoms with Crippen LogP contribution in [0, 0.1) is 3.57 Å². The number of ether oxygens (including phenoxy) is 2. The van der Waals surface area contributed by atoms with E-state index in [4.69, 9.17) is 20.9 Å². The Morgan fingerprint density at radius 3 is 2.44 bits per heavy atom. The first-order valence-corrected chi connectivity index (χ1v) is 9.95. The molecule has 148 valence electrons. The van der Waals surface area contributed by atoms with E-state index in [1.54, 1.807) is 32.9 Å². The Kier molecular flexibility index (Phi) is 6.30. The maximum atomic E-state index is 12.5. The van der Waals surface area contributed by atoms with Crippen molar-refractivity contribution >= 4 is 56.4 Å². The molecule has 2 atom stereocenters. The first-order chi connectivity index (χ1) is 12.3. The molecule has 0 aromatic heterocycles. The normalized spacial score (nSPS) is 22.4. The molecule has 27 heavy (non-hydrogen) atoms. The summed E-state index contributed by atoms with van der Waals surface area (Å²) in [6, 6.07) is 4.22. The molecule has 1 fully saturated rings. The van der Waals surface area contributed by atoms with Crippen LogP contribution in [0.3, 0.4) is 0 Å². The number of carbonyl (C=O) groups is 3. The van der Waals surface area contributed by atoms with E-state index in [9.17, 15) is 14.4 Å². The molecule has 4 N–H and O–H groups in total. The number of halogens is 2. The molecule has 1 aliphatic rings. The fraction of sp³-hybridized carbons (Fsp3) is 0.471. The second kappa shape index (κ2) is 7.82. The molecular formula is C17H21BrIN3O5. The number of nitrogens with zero attached hydrogens (tertiary/aromatic N) is 1. The van der Waals surface area contributed by atoms with Crippen LogP contribution in [0.5, 0.6) is 5.75 Å². The maximum Gasteiger partial charge on any atom is 0.411 e. The number of primary amides is 2. The molecule has 0 unspecified atom stereocenters. The molecule has 0 spiro atoms. The minimum absolute atomic E-state index is 0.153. The summed E-state index contributed by atoms with van der Waals surface area (Å²) < 4.78 is 12.8. The number of amides is 3. The lowest BCUT2D eigenvalue weighted by Gasteiger charge is -2.29. The highest BCUT2D eigenvalue weighted by Crippen LogP contribution is 2.36. The van der Waals surface area contributed by atoms with Gasteiger partial charge in [-0.1, -0.05) is 15.9 Å². The van der Waals surface area contributed by atoms with Gasteiger partial charge in [0.2, 0.25) is 11.5 Å². The van der Waals surface area contributed by atoms with Crippen LogP contribution in [-0.4, -0.2) is 46.6 Å². The Bertz CT molecular complexity index is 782. The fourth-order valence-corrected chi connectivity index (χ4v) is 3.49. The first-order valence-electron chi connectivity index (χ1n) is 8.07. The summed E-state index contributed by atoms with van der Waals surface area (Å²) >= 11 is 5.40. The third kappa shape index (κ3) is 5.03. The molecule has 1 aromatic carbocycles. The summed E-state index contributed by atoms with van der Waals surface area (Å²) in [5, 5.41) is 0. The summed E-state index contributed by atoms with van der Waals surface area (Å²) in [5.74, 6) is -1.16. The second-order valence-corrected chi connectivity index (χ2v) is 9.34. The Morgan fingerprint density at radius 1 is 1.30 bits per heavy atom. The van der Waals surface area contributed by atoms with Gasteiger partial charge in [-0.3, -0.25) is 14.5 Å². The van der Waals surface area contributed by atoms with E-state index in [0.29, 0.717) is 5.75 Å². The third-order valence-electron chi connectivity index (χ3n) is 3.93. The van der Waals surface area contributed by atoms with Crippen molar-refractivity contribution < 1.29 is 23.9 Å². The van der Waals surface area contributed by atoms with Gasteiger partial charge in [-0.2, -0.15) is 0 Å². The number of carbonyl (C=O) groups excluding carboxylic acids is 3. The maximum absolute atomic E-state index is 12.5. The van der Waals surface area contributed by atoms with Crippen LogP contribution in [0.15, 0.2) is 22.7 Å². The van der Waals surface area contributed by atoms with Crippen molar-refractivity contribution in [2.24, 2.45) is 11.5 Å². The standard InChI is InChI=1S/C17H21BrIN3O5/c1-16(2,3)27-15(25)22-8-17(14(21)24,7-11(22)13(20)23)26-12-6-9(18)4-5-10(12)19/h4-6,11H,7-8H2,1-3H3,(H2,20,23)(H2,21,24)/t11-,17+/m0/s1. The summed E-state index contributed by atoms with van der Waals surface area (Å²) in [6.45, 7) is 4.85. The minimum atomic E-state index is -1.60. The number of hydrogen-bond donors (Lipinski definition) is 2. The molecule has 10 heteroatoms. The predicted octanol–water partition coefficient (Wildman–Crippen LogP) is 2.15. The number of rotatable bonds is 4. The van der Waals surface area contributed by atoms with E-state index in [1.807, 2.05) is 6.07 Å². The molecule has 0 radical (unpaired) electrons. The number of nitrogens with two attached hydrogens (primary N) is 2. The van der Waals surface area contributed by atoms with Gasteiger partial charge < -0.3 is 20.9 Å². The Morgan fingerprint density at radius 2 is 1.93 bits per heavy atom. The lowest BCUT2D eigenvalue weighted by molar-refractivity contribution is -0.132. The van der Waals surface area contributed by atoms with Crippen LogP contribution in [-0.2, 0) is 14.3 Å². The lowest BCUT2D eigenvalue weighted by atomic mass is 9.98. The van der Waals surface area contributed by atoms with Crippen molar-refractivity contribution in [3.05, 3.63) is 26.2 Å². The molecule has 0 saturated carbocycles. The van der Waals surface area contributed by atoms with Crippen molar-refractivity contribution in [2.75, 3.05) is 6.54 Å². The van der Waals surface area contributed by atoms with Gasteiger partial charge in [0.05, 0.1) is 10.1 Å². The highest BCUT2D eigenvalue weighted by molar-refractivity contribution is 14.1. The average Bonchev–Trinajstić information content (AvgIpc) is 2.91. The van der Waals surface area contributed by atoms with E-state index in [2.05, 4.69) is 38.5 Å². The van der Waals surface area contributed by atoms with Crippen LogP contribution in [0.4, 0.5) is 4.79 Å². The average molecular weight is 554 g/mol. The van der Waals surface area contributed by atoms with Crippen LogP contribution in [0.1, 0.15) is 27.2 Å². The van der Waals surface area contributed by atoms with E-state index in [1.165, 1.54) is 0 Å². The first kappa shape index (κ1) is 21.7. The highest BCUT2D eigenvalue weighted by atomic mass is 127. The van der Waals surface area contributed by atoms with Crippen LogP contribution < -0.4 is 16.2 Å². The molecule has 0 bridgehead atoms. The molecule has 8 nitrogen and oxygen atoms in total. The Balaban J connectivity index is 2.39. The van der Waals surface area contributed by atoms with Crippen LogP contribution in [0.2, 0.25) is 0 Å². The van der Waals surface area contributed by atoms with Crippen molar-refractivity contribution in [1.29, 1.82) is 0 Å². The van der Waals surface area contributed by atoms with Crippen LogP contribution >= 0.6 is 38.5 Å². The van der Waals surface area contributed by atoms with Gasteiger partial charge in [0.1, 0.15) is 17.4 Å². The number of likely N-dealkylation sites (tertiary alicyclic amines) is 1. The summed E-state index contributed by atoms with van der Waals surface area (Å²) in [4.78, 5) is 37.9. The van der Waals surface area contributed by atoms with E-state index >= 15 is 0 Å². The predicted molar refractivity (Wildman–Crippen MR) is 110 cm³/mol. The quantitative estimate of drug-likeness (QED) is 0.553. The lowest BCUT2D eigenvalue weighted by Crippen LogP contribution is -2.52. The van der Waals surface area contributed by atoms with Crippen molar-refractivity contribution in [3.8, 4) is 5.75 Å². The van der Waals surface area contributed by atoms with Gasteiger partial charge in [-0.25, -0.2) is 4.79 Å². The Hall–Kier alpha value is -1.56. The van der Waals surface area contributed by atoms with Gasteiger partial charge in [-0.15, -0.1) is 0 Å². The van der Waals surface area contributed by atoms with E-state index in [0.717, 1.165) is 12.9 Å². The summed E-state index contributed by atoms with van der Waals surface area (Å²) in [5.41, 5.74) is 8.69. The van der Waals surface area contributed by atoms with Gasteiger partial charge >= 0.3 is 6.09 Å². The number of benzene rings is 1. The zero-order valence-electron chi connectivity index (χ0n) is 15.1. The molecule has 1 aromatic rings. The fourth-order valence-electron chi connectivity index (χ4n) is 2.71. The van der Waals surface area contributed by atoms with Gasteiger partial charge in [0, 0.05) is 10.9 Å². The van der Waals surface area contributed by atoms with Gasteiger partial charge in [0.15, 0.2) is 0 Å². The minimum Gasteiger partial charge on any atom is -0.474 e. The zero-order valence-corrected chi connectivity index (χ0v) is 18.9. The van der Waals surface area contributed by atoms with Gasteiger partial charge in [0.25, 0.3) is 5.91 Å². The smallest absolute Gasteiger partial charge is 0.411 e. The molecule has 1 heterocycles. The third-order valence-corrected chi connectivity index (χ3v) is 5.31. The molecular weight excluding hydrogens is 533 g/mol. The van der Waals surface area contributed by atoms with Crippen molar-refractivity contribution in [3.63, 3.8) is 0 Å². The summed E-state index contributed by atoms with van der Waals surface area (Å²) in [7, 11) is 0. The molecule has 0 aliphatic carbocycles. The molecule has 1 aliphatic heterocycles. The molecule has 1 saturated heterocycles. The SMILES string of the molecule is CC(C)(C)OC(=O)N1C[C@@](Oc2cc(Br)ccc2I)(C(N)=O)C[C@H]1C(N)=O. The molecule has 2 rings (SSSR count). The van der Waals surface area contributed by atoms with Crippen LogP contribution in [0.25, 0.3) is 0 Å². The van der Waals surface area contributed by atoms with E-state index < -0.39 is 35.2 Å². The monoisotopic (exact) mass is 553 g/mol. The zero-order chi connectivity index (χ0) is 20.6. The van der Waals surface area contributed by atoms with Gasteiger partial charge in [-0.05, 0) is 61.6 Å². The van der Waals surface area contributed by atoms with Crippen molar-refractivity contribution in [1.82, 2.24) is 4.90 Å². The second-order valence-electron chi connectivity index (χ2n) is 7.27. The Labute approximate surface area is 179 Å². The number of hydrogen-bond acceptors (Lipinski definition) is 5. The summed E-state index contributed by atoms with van der Waals surface area (Å²) in [6.07, 6.45) is -0.915. The van der Waals surface area contributed by atoms with E-state index in [-0.39, 0.29) is 13.0 Å². The molecule has 3 amide bonds. The van der Waals surface area contributed by atoms with Crippen molar-refractivity contribution in [2.45, 2.75) is 44.4 Å².